The van der Waals surface area contributed by atoms with E-state index in [4.69, 9.17) is 18.9 Å². The molecule has 7 heteroatoms. The topological polar surface area (TPSA) is 54.0 Å². The number of carbonyl (C=O) groups is 1. The van der Waals surface area contributed by atoms with Crippen molar-refractivity contribution in [2.75, 3.05) is 39.4 Å². The minimum Gasteiger partial charge on any atom is -0.493 e. The minimum atomic E-state index is -0.283. The molecule has 2 saturated heterocycles. The third-order valence-electron chi connectivity index (χ3n) is 7.58. The molecule has 0 N–H and O–H groups in total. The summed E-state index contributed by atoms with van der Waals surface area (Å²) >= 11 is 3.99. The van der Waals surface area contributed by atoms with Crippen LogP contribution in [0.1, 0.15) is 29.0 Å². The first-order valence-electron chi connectivity index (χ1n) is 11.9. The van der Waals surface area contributed by atoms with Gasteiger partial charge in [0, 0.05) is 11.8 Å². The molecule has 1 spiro atoms. The van der Waals surface area contributed by atoms with Crippen LogP contribution in [-0.4, -0.2) is 45.4 Å². The average molecular weight is 509 g/mol. The van der Waals surface area contributed by atoms with Gasteiger partial charge in [-0.2, -0.15) is 0 Å². The van der Waals surface area contributed by atoms with Crippen molar-refractivity contribution in [2.45, 2.75) is 16.4 Å². The molecule has 2 fully saturated rings. The molecule has 0 saturated carbocycles. The Morgan fingerprint density at radius 2 is 1.66 bits per heavy atom. The van der Waals surface area contributed by atoms with Gasteiger partial charge in [-0.15, -0.1) is 23.5 Å². The standard InChI is InChI=1S/C28H28O5S2/c1-30-21-13-17(14-22(31-2)26(21)32-3)23-24-18-8-5-4-7-16(18)9-10-19(24)28(34-11-6-12-35-28)20-15-33-27(29)25(20)23/h4-5,7-10,13-14,20,23,25H,6,11-12,15H2,1-3H3/t20-,23+,25-/m0/s1. The highest BCUT2D eigenvalue weighted by Gasteiger charge is 2.60. The van der Waals surface area contributed by atoms with Crippen molar-refractivity contribution in [3.63, 3.8) is 0 Å². The monoisotopic (exact) mass is 508 g/mol. The van der Waals surface area contributed by atoms with Gasteiger partial charge in [-0.05, 0) is 57.5 Å². The van der Waals surface area contributed by atoms with E-state index in [9.17, 15) is 4.79 Å². The first-order valence-corrected chi connectivity index (χ1v) is 13.9. The zero-order valence-corrected chi connectivity index (χ0v) is 21.7. The molecule has 0 bridgehead atoms. The third kappa shape index (κ3) is 3.34. The predicted molar refractivity (Wildman–Crippen MR) is 141 cm³/mol. The summed E-state index contributed by atoms with van der Waals surface area (Å²) in [6.45, 7) is 0.455. The van der Waals surface area contributed by atoms with Crippen LogP contribution in [0.25, 0.3) is 10.8 Å². The molecule has 3 aliphatic rings. The Balaban J connectivity index is 1.68. The lowest BCUT2D eigenvalue weighted by Gasteiger charge is -2.49. The molecule has 1 aliphatic carbocycles. The fourth-order valence-corrected chi connectivity index (χ4v) is 9.86. The van der Waals surface area contributed by atoms with E-state index in [-0.39, 0.29) is 27.8 Å². The van der Waals surface area contributed by atoms with Crippen molar-refractivity contribution >= 4 is 40.3 Å². The summed E-state index contributed by atoms with van der Waals surface area (Å²) in [5, 5.41) is 2.36. The lowest BCUT2D eigenvalue weighted by molar-refractivity contribution is -0.141. The molecule has 2 aliphatic heterocycles. The number of esters is 1. The Labute approximate surface area is 213 Å². The molecule has 5 nitrogen and oxygen atoms in total. The second-order valence-electron chi connectivity index (χ2n) is 9.16. The molecule has 6 rings (SSSR count). The third-order valence-corrected chi connectivity index (χ3v) is 11.2. The van der Waals surface area contributed by atoms with Crippen LogP contribution in [0.5, 0.6) is 17.2 Å². The first kappa shape index (κ1) is 22.9. The van der Waals surface area contributed by atoms with Gasteiger partial charge in [0.05, 0.1) is 37.9 Å². The fraction of sp³-hybridized carbons (Fsp3) is 0.393. The summed E-state index contributed by atoms with van der Waals surface area (Å²) in [6, 6.07) is 17.0. The molecular formula is C28H28O5S2. The van der Waals surface area contributed by atoms with Gasteiger partial charge in [0.1, 0.15) is 0 Å². The molecule has 182 valence electrons. The Bertz CT molecular complexity index is 1270. The summed E-state index contributed by atoms with van der Waals surface area (Å²) in [6.07, 6.45) is 1.18. The predicted octanol–water partition coefficient (Wildman–Crippen LogP) is 5.82. The van der Waals surface area contributed by atoms with Crippen LogP contribution >= 0.6 is 23.5 Å². The van der Waals surface area contributed by atoms with Crippen LogP contribution < -0.4 is 14.2 Å². The van der Waals surface area contributed by atoms with E-state index in [0.29, 0.717) is 23.9 Å². The highest BCUT2D eigenvalue weighted by atomic mass is 32.2. The number of hydrogen-bond acceptors (Lipinski definition) is 7. The summed E-state index contributed by atoms with van der Waals surface area (Å²) < 4.78 is 22.6. The van der Waals surface area contributed by atoms with Crippen molar-refractivity contribution in [3.05, 3.63) is 65.2 Å². The van der Waals surface area contributed by atoms with Gasteiger partial charge in [-0.25, -0.2) is 0 Å². The number of thioether (sulfide) groups is 2. The van der Waals surface area contributed by atoms with Crippen LogP contribution in [0.3, 0.4) is 0 Å². The smallest absolute Gasteiger partial charge is 0.310 e. The van der Waals surface area contributed by atoms with Gasteiger partial charge in [0.2, 0.25) is 5.75 Å². The number of methoxy groups -OCH3 is 3. The van der Waals surface area contributed by atoms with Gasteiger partial charge in [-0.1, -0.05) is 36.4 Å². The number of ether oxygens (including phenoxy) is 4. The number of carbonyl (C=O) groups excluding carboxylic acids is 1. The lowest BCUT2D eigenvalue weighted by atomic mass is 9.66. The molecule has 0 aromatic heterocycles. The second-order valence-corrected chi connectivity index (χ2v) is 12.1. The largest absolute Gasteiger partial charge is 0.493 e. The van der Waals surface area contributed by atoms with Gasteiger partial charge in [0.25, 0.3) is 0 Å². The highest BCUT2D eigenvalue weighted by molar-refractivity contribution is 8.18. The van der Waals surface area contributed by atoms with Gasteiger partial charge in [-0.3, -0.25) is 4.79 Å². The van der Waals surface area contributed by atoms with E-state index >= 15 is 0 Å². The average Bonchev–Trinajstić information content (AvgIpc) is 3.30. The van der Waals surface area contributed by atoms with E-state index < -0.39 is 0 Å². The Morgan fingerprint density at radius 1 is 0.943 bits per heavy atom. The highest BCUT2D eigenvalue weighted by Crippen LogP contribution is 2.66. The maximum absolute atomic E-state index is 13.5. The molecule has 3 aromatic rings. The lowest BCUT2D eigenvalue weighted by Crippen LogP contribution is -2.44. The van der Waals surface area contributed by atoms with Gasteiger partial charge < -0.3 is 18.9 Å². The Kier molecular flexibility index (Phi) is 5.80. The van der Waals surface area contributed by atoms with Crippen molar-refractivity contribution in [2.24, 2.45) is 11.8 Å². The van der Waals surface area contributed by atoms with E-state index in [1.165, 1.54) is 28.3 Å². The SMILES string of the molecule is COc1cc([C@@H]2c3c(ccc4ccccc34)C3(SCCCS3)[C@H]3COC(=O)[C@H]23)cc(OC)c1OC. The maximum atomic E-state index is 13.5. The number of cyclic esters (lactones) is 1. The van der Waals surface area contributed by atoms with E-state index in [2.05, 4.69) is 36.4 Å². The zero-order chi connectivity index (χ0) is 24.2. The maximum Gasteiger partial charge on any atom is 0.310 e. The molecule has 0 amide bonds. The molecule has 2 heterocycles. The summed E-state index contributed by atoms with van der Waals surface area (Å²) in [5.41, 5.74) is 3.52. The van der Waals surface area contributed by atoms with Crippen molar-refractivity contribution in [1.82, 2.24) is 0 Å². The minimum absolute atomic E-state index is 0.0862. The van der Waals surface area contributed by atoms with Crippen molar-refractivity contribution < 1.29 is 23.7 Å². The van der Waals surface area contributed by atoms with Crippen LogP contribution in [-0.2, 0) is 13.6 Å². The van der Waals surface area contributed by atoms with E-state index in [0.717, 1.165) is 17.1 Å². The van der Waals surface area contributed by atoms with Crippen LogP contribution in [0.4, 0.5) is 0 Å². The summed E-state index contributed by atoms with van der Waals surface area (Å²) in [7, 11) is 4.86. The molecular weight excluding hydrogens is 480 g/mol. The quantitative estimate of drug-likeness (QED) is 0.412. The molecule has 0 unspecified atom stereocenters. The van der Waals surface area contributed by atoms with Crippen LogP contribution in [0.15, 0.2) is 48.5 Å². The first-order chi connectivity index (χ1) is 17.1. The Hall–Kier alpha value is -2.51. The number of fused-ring (bicyclic) bond motifs is 6. The summed E-state index contributed by atoms with van der Waals surface area (Å²) in [4.78, 5) is 13.5. The van der Waals surface area contributed by atoms with Crippen molar-refractivity contribution in [1.29, 1.82) is 0 Å². The van der Waals surface area contributed by atoms with Gasteiger partial charge >= 0.3 is 5.97 Å². The van der Waals surface area contributed by atoms with E-state index in [1.807, 2.05) is 35.7 Å². The van der Waals surface area contributed by atoms with E-state index in [1.54, 1.807) is 21.3 Å². The zero-order valence-electron chi connectivity index (χ0n) is 20.0. The van der Waals surface area contributed by atoms with Crippen molar-refractivity contribution in [3.8, 4) is 17.2 Å². The molecule has 35 heavy (non-hydrogen) atoms. The second kappa shape index (κ2) is 8.86. The fourth-order valence-electron chi connectivity index (χ4n) is 6.14. The van der Waals surface area contributed by atoms with Gasteiger partial charge in [0.15, 0.2) is 11.5 Å². The number of rotatable bonds is 4. The Morgan fingerprint density at radius 3 is 2.34 bits per heavy atom. The normalized spacial score (nSPS) is 24.5. The van der Waals surface area contributed by atoms with Crippen LogP contribution in [0.2, 0.25) is 0 Å². The van der Waals surface area contributed by atoms with Crippen LogP contribution in [0, 0.1) is 11.8 Å². The molecule has 3 aromatic carbocycles. The number of benzene rings is 3. The molecule has 3 atom stereocenters. The molecule has 0 radical (unpaired) electrons. The summed E-state index contributed by atoms with van der Waals surface area (Å²) in [5.74, 6) is 3.42. The number of hydrogen-bond donors (Lipinski definition) is 0.